The largest absolute Gasteiger partial charge is 0.413 e. The van der Waals surface area contributed by atoms with Crippen molar-refractivity contribution in [1.82, 2.24) is 0 Å². The van der Waals surface area contributed by atoms with E-state index in [0.717, 1.165) is 25.7 Å². The van der Waals surface area contributed by atoms with Gasteiger partial charge in [-0.15, -0.1) is 5.16 Å². The van der Waals surface area contributed by atoms with Gasteiger partial charge in [-0.3, -0.25) is 0 Å². The number of hydrogen-bond acceptors (Lipinski definition) is 6. The molecule has 0 aromatic rings. The molecule has 1 aliphatic heterocycles. The molecule has 35 heavy (non-hydrogen) atoms. The molecule has 1 heterocycles. The Bertz CT molecular complexity index is 855. The number of oxime groups is 1. The summed E-state index contributed by atoms with van der Waals surface area (Å²) in [4.78, 5) is 0. The van der Waals surface area contributed by atoms with E-state index < -0.39 is 25.6 Å². The molecule has 0 bridgehead atoms. The van der Waals surface area contributed by atoms with Gasteiger partial charge >= 0.3 is 0 Å². The second kappa shape index (κ2) is 8.26. The summed E-state index contributed by atoms with van der Waals surface area (Å²) in [5, 5.41) is 25.6. The third kappa shape index (κ3) is 3.81. The number of fused-ring (bicyclic) bond motifs is 8. The fraction of sp³-hybridized carbons (Fsp3) is 0.964. The van der Waals surface area contributed by atoms with Crippen LogP contribution in [0.5, 0.6) is 0 Å². The monoisotopic (exact) mass is 507 g/mol. The van der Waals surface area contributed by atoms with E-state index in [9.17, 15) is 10.3 Å². The van der Waals surface area contributed by atoms with E-state index in [4.69, 9.17) is 13.9 Å². The molecule has 0 spiro atoms. The summed E-state index contributed by atoms with van der Waals surface area (Å²) < 4.78 is 20.4. The zero-order chi connectivity index (χ0) is 25.6. The molecule has 4 saturated carbocycles. The van der Waals surface area contributed by atoms with Crippen molar-refractivity contribution in [2.75, 3.05) is 0 Å². The Labute approximate surface area is 213 Å². The molecule has 5 aliphatic rings. The molecule has 0 aromatic carbocycles. The number of hydrogen-bond donors (Lipinski definition) is 2. The normalized spacial score (nSPS) is 49.4. The van der Waals surface area contributed by atoms with Crippen molar-refractivity contribution in [3.63, 3.8) is 0 Å². The zero-order valence-corrected chi connectivity index (χ0v) is 24.2. The van der Waals surface area contributed by atoms with Crippen LogP contribution in [0.15, 0.2) is 5.16 Å². The molecule has 200 valence electrons. The van der Waals surface area contributed by atoms with E-state index in [2.05, 4.69) is 45.9 Å². The van der Waals surface area contributed by atoms with Crippen LogP contribution in [0.3, 0.4) is 0 Å². The molecular formula is C28H49NO5Si. The fourth-order valence-corrected chi connectivity index (χ4v) is 10.5. The topological polar surface area (TPSA) is 80.5 Å². The van der Waals surface area contributed by atoms with Crippen LogP contribution in [0.4, 0.5) is 0 Å². The first-order valence-electron chi connectivity index (χ1n) is 14.1. The van der Waals surface area contributed by atoms with Crippen molar-refractivity contribution < 1.29 is 24.2 Å². The van der Waals surface area contributed by atoms with Crippen LogP contribution in [-0.4, -0.2) is 55.0 Å². The maximum atomic E-state index is 12.0. The summed E-state index contributed by atoms with van der Waals surface area (Å²) in [5.41, 5.74) is -0.447. The summed E-state index contributed by atoms with van der Waals surface area (Å²) in [6.45, 7) is 17.9. The predicted octanol–water partition coefficient (Wildman–Crippen LogP) is 5.96. The number of rotatable bonds is 3. The minimum Gasteiger partial charge on any atom is -0.413 e. The molecule has 5 fully saturated rings. The van der Waals surface area contributed by atoms with Gasteiger partial charge in [-0.1, -0.05) is 40.5 Å². The molecule has 0 radical (unpaired) electrons. The van der Waals surface area contributed by atoms with Crippen LogP contribution >= 0.6 is 0 Å². The SMILES string of the molecule is CC1(C)O[C@@H]2C3C([C@@H](O)C[C@@]4(/C=N/O)C3CC[C@@H]4O[Si](C)(C)C(C)(C)C)[C@@]3(C)CCCCC3[C@H]2O1. The van der Waals surface area contributed by atoms with Gasteiger partial charge in [0.25, 0.3) is 0 Å². The Morgan fingerprint density at radius 3 is 2.34 bits per heavy atom. The van der Waals surface area contributed by atoms with E-state index >= 15 is 0 Å². The molecular weight excluding hydrogens is 458 g/mol. The third-order valence-corrected chi connectivity index (χ3v) is 15.9. The third-order valence-electron chi connectivity index (χ3n) is 11.5. The van der Waals surface area contributed by atoms with Crippen LogP contribution in [-0.2, 0) is 13.9 Å². The molecule has 6 nitrogen and oxygen atoms in total. The highest BCUT2D eigenvalue weighted by atomic mass is 28.4. The molecule has 0 amide bonds. The van der Waals surface area contributed by atoms with Crippen LogP contribution in [0, 0.1) is 34.5 Å². The Morgan fingerprint density at radius 2 is 1.69 bits per heavy atom. The van der Waals surface area contributed by atoms with E-state index in [1.165, 1.54) is 12.8 Å². The molecule has 7 heteroatoms. The van der Waals surface area contributed by atoms with Crippen molar-refractivity contribution in [2.45, 2.75) is 135 Å². The van der Waals surface area contributed by atoms with Crippen molar-refractivity contribution >= 4 is 14.5 Å². The highest BCUT2D eigenvalue weighted by Gasteiger charge is 2.71. The second-order valence-corrected chi connectivity index (χ2v) is 19.5. The maximum absolute atomic E-state index is 12.0. The average Bonchev–Trinajstić information content (AvgIpc) is 3.23. The lowest BCUT2D eigenvalue weighted by molar-refractivity contribution is -0.210. The first kappa shape index (κ1) is 26.1. The first-order valence-corrected chi connectivity index (χ1v) is 17.0. The average molecular weight is 508 g/mol. The molecule has 5 rings (SSSR count). The van der Waals surface area contributed by atoms with E-state index in [1.807, 2.05) is 13.8 Å². The van der Waals surface area contributed by atoms with Crippen molar-refractivity contribution in [2.24, 2.45) is 39.7 Å². The lowest BCUT2D eigenvalue weighted by Crippen LogP contribution is -2.67. The van der Waals surface area contributed by atoms with Crippen molar-refractivity contribution in [1.29, 1.82) is 0 Å². The van der Waals surface area contributed by atoms with Crippen LogP contribution in [0.25, 0.3) is 0 Å². The number of aliphatic hydroxyl groups excluding tert-OH is 1. The molecule has 1 saturated heterocycles. The lowest BCUT2D eigenvalue weighted by atomic mass is 9.43. The van der Waals surface area contributed by atoms with Gasteiger partial charge in [0.15, 0.2) is 14.1 Å². The number of aliphatic hydroxyl groups is 1. The van der Waals surface area contributed by atoms with E-state index in [1.54, 1.807) is 6.21 Å². The molecule has 2 N–H and O–H groups in total. The summed E-state index contributed by atoms with van der Waals surface area (Å²) in [6, 6.07) is 0. The minimum absolute atomic E-state index is 0.0359. The van der Waals surface area contributed by atoms with Gasteiger partial charge in [0, 0.05) is 5.41 Å². The van der Waals surface area contributed by atoms with E-state index in [0.29, 0.717) is 12.3 Å². The van der Waals surface area contributed by atoms with Crippen LogP contribution < -0.4 is 0 Å². The second-order valence-electron chi connectivity index (χ2n) is 14.7. The van der Waals surface area contributed by atoms with Gasteiger partial charge in [0.1, 0.15) is 0 Å². The number of nitrogens with zero attached hydrogens (tertiary/aromatic N) is 1. The van der Waals surface area contributed by atoms with Gasteiger partial charge < -0.3 is 24.2 Å². The quantitative estimate of drug-likeness (QED) is 0.213. The Kier molecular flexibility index (Phi) is 6.17. The summed E-state index contributed by atoms with van der Waals surface area (Å²) in [7, 11) is -2.06. The van der Waals surface area contributed by atoms with Crippen molar-refractivity contribution in [3.8, 4) is 0 Å². The maximum Gasteiger partial charge on any atom is 0.192 e. The van der Waals surface area contributed by atoms with Crippen LogP contribution in [0.1, 0.15) is 86.5 Å². The molecule has 4 aliphatic carbocycles. The minimum atomic E-state index is -2.06. The summed E-state index contributed by atoms with van der Waals surface area (Å²) in [6.07, 6.45) is 8.52. The molecule has 10 atom stereocenters. The highest BCUT2D eigenvalue weighted by Crippen LogP contribution is 2.68. The van der Waals surface area contributed by atoms with E-state index in [-0.39, 0.29) is 46.5 Å². The Hall–Kier alpha value is -0.473. The van der Waals surface area contributed by atoms with Gasteiger partial charge in [-0.25, -0.2) is 0 Å². The summed E-state index contributed by atoms with van der Waals surface area (Å²) >= 11 is 0. The van der Waals surface area contributed by atoms with Gasteiger partial charge in [0.2, 0.25) is 0 Å². The van der Waals surface area contributed by atoms with Crippen molar-refractivity contribution in [3.05, 3.63) is 0 Å². The Morgan fingerprint density at radius 1 is 1.00 bits per heavy atom. The van der Waals surface area contributed by atoms with Gasteiger partial charge in [-0.2, -0.15) is 0 Å². The first-order chi connectivity index (χ1) is 16.2. The predicted molar refractivity (Wildman–Crippen MR) is 139 cm³/mol. The fourth-order valence-electron chi connectivity index (χ4n) is 9.05. The highest BCUT2D eigenvalue weighted by molar-refractivity contribution is 6.74. The molecule has 4 unspecified atom stereocenters. The van der Waals surface area contributed by atoms with Gasteiger partial charge in [0.05, 0.1) is 30.6 Å². The van der Waals surface area contributed by atoms with Gasteiger partial charge in [-0.05, 0) is 93.2 Å². The smallest absolute Gasteiger partial charge is 0.192 e. The standard InChI is InChI=1S/C28H49NO5Si/c1-25(2,3)35(7,8)34-20-13-12-17-21-22(19(30)15-28(17,20)16-29-31)27(6)14-10-9-11-18(27)23-24(21)33-26(4,5)32-23/h16-24,30-31H,9-15H2,1-8H3/b29-16+/t17?,18?,19-,20-,21?,22?,23+,24+,27-,28+/m0/s1. The summed E-state index contributed by atoms with van der Waals surface area (Å²) in [5.74, 6) is 0.373. The van der Waals surface area contributed by atoms with Crippen LogP contribution in [0.2, 0.25) is 18.1 Å². The lowest BCUT2D eigenvalue weighted by Gasteiger charge is -2.64. The molecule has 0 aromatic heterocycles. The number of ether oxygens (including phenoxy) is 2. The zero-order valence-electron chi connectivity index (χ0n) is 23.2. The Balaban J connectivity index is 1.58.